The molecule has 0 atom stereocenters. The zero-order valence-corrected chi connectivity index (χ0v) is 51.8. The molecule has 0 aliphatic rings. The third-order valence-corrected chi connectivity index (χ3v) is 16.9. The summed E-state index contributed by atoms with van der Waals surface area (Å²) in [6, 6.07) is 101. The molecule has 17 aromatic rings. The average Bonchev–Trinajstić information content (AvgIpc) is 1.61. The van der Waals surface area contributed by atoms with E-state index in [-0.39, 0.29) is 0 Å². The molecule has 0 N–H and O–H groups in total. The molecule has 0 unspecified atom stereocenters. The summed E-state index contributed by atoms with van der Waals surface area (Å²) in [5.41, 5.74) is 14.1. The molecule has 0 saturated carbocycles. The fourth-order valence-corrected chi connectivity index (χ4v) is 12.2. The first-order valence-corrected chi connectivity index (χ1v) is 31.7. The minimum absolute atomic E-state index is 0.436. The molecule has 0 bridgehead atoms. The summed E-state index contributed by atoms with van der Waals surface area (Å²) >= 11 is 0. The van der Waals surface area contributed by atoms with Crippen LogP contribution in [0.1, 0.15) is 0 Å². The highest BCUT2D eigenvalue weighted by Crippen LogP contribution is 2.43. The molecule has 0 aliphatic heterocycles. The zero-order chi connectivity index (χ0) is 64.4. The number of hydrogen-bond donors (Lipinski definition) is 0. The first-order chi connectivity index (χ1) is 48.0. The largest absolute Gasteiger partial charge is 0.309 e. The Kier molecular flexibility index (Phi) is 14.9. The van der Waals surface area contributed by atoms with Crippen LogP contribution >= 0.6 is 0 Å². The van der Waals surface area contributed by atoms with Gasteiger partial charge in [0.25, 0.3) is 0 Å². The van der Waals surface area contributed by atoms with Gasteiger partial charge in [0.05, 0.1) is 16.7 Å². The first-order valence-electron chi connectivity index (χ1n) is 31.7. The van der Waals surface area contributed by atoms with Crippen LogP contribution in [0.15, 0.2) is 316 Å². The monoisotopic (exact) mass is 1240 g/mol. The van der Waals surface area contributed by atoms with Crippen molar-refractivity contribution in [3.63, 3.8) is 0 Å². The SMILES string of the molecule is c1ccc(-c2nc(-c3ccccc3)nc(-c3ccc(-n4c5ccc(-c6nc(-c7ccccc7)nc(-c7ccccc7)n6)cc5c5cc(-c6nc(-c7ccccc7)nc(-c7ccccc7)n6)ccc54)c(-c4ccncc4-c4nc(-c5ccccc5)nc(-c5ccccc5)n4)c3)n2)cc1. The van der Waals surface area contributed by atoms with E-state index in [4.69, 9.17) is 64.8 Å². The van der Waals surface area contributed by atoms with E-state index in [0.717, 1.165) is 99.8 Å². The van der Waals surface area contributed by atoms with Gasteiger partial charge in [-0.3, -0.25) is 4.98 Å². The maximum absolute atomic E-state index is 5.29. The van der Waals surface area contributed by atoms with Crippen molar-refractivity contribution in [2.24, 2.45) is 0 Å². The van der Waals surface area contributed by atoms with Gasteiger partial charge in [-0.2, -0.15) is 0 Å². The van der Waals surface area contributed by atoms with Crippen molar-refractivity contribution in [3.8, 4) is 153 Å². The van der Waals surface area contributed by atoms with Crippen molar-refractivity contribution in [1.82, 2.24) is 69.4 Å². The summed E-state index contributed by atoms with van der Waals surface area (Å²) in [6.07, 6.45) is 3.65. The third kappa shape index (κ3) is 11.4. The van der Waals surface area contributed by atoms with Gasteiger partial charge in [-0.05, 0) is 66.2 Å². The van der Waals surface area contributed by atoms with Crippen LogP contribution in [0.2, 0.25) is 0 Å². The van der Waals surface area contributed by atoms with Crippen LogP contribution in [0, 0.1) is 0 Å². The summed E-state index contributed by atoms with van der Waals surface area (Å²) < 4.78 is 2.31. The van der Waals surface area contributed by atoms with Crippen LogP contribution in [-0.4, -0.2) is 69.4 Å². The highest BCUT2D eigenvalue weighted by molar-refractivity contribution is 6.12. The summed E-state index contributed by atoms with van der Waals surface area (Å²) in [4.78, 5) is 67.2. The second-order valence-corrected chi connectivity index (χ2v) is 23.1. The molecule has 14 heteroatoms. The molecule has 0 amide bonds. The molecule has 0 spiro atoms. The minimum atomic E-state index is 0.436. The number of aromatic nitrogens is 14. The van der Waals surface area contributed by atoms with Crippen molar-refractivity contribution >= 4 is 21.8 Å². The van der Waals surface area contributed by atoms with Gasteiger partial charge in [0.2, 0.25) is 0 Å². The smallest absolute Gasteiger partial charge is 0.166 e. The normalized spacial score (nSPS) is 11.3. The van der Waals surface area contributed by atoms with E-state index in [9.17, 15) is 0 Å². The lowest BCUT2D eigenvalue weighted by atomic mass is 9.96. The average molecular weight is 1250 g/mol. The predicted molar refractivity (Wildman–Crippen MR) is 383 cm³/mol. The van der Waals surface area contributed by atoms with Gasteiger partial charge in [-0.1, -0.05) is 243 Å². The molecule has 11 aromatic carbocycles. The van der Waals surface area contributed by atoms with Gasteiger partial charge in [0.1, 0.15) is 0 Å². The van der Waals surface area contributed by atoms with Crippen LogP contribution in [0.5, 0.6) is 0 Å². The highest BCUT2D eigenvalue weighted by Gasteiger charge is 2.25. The van der Waals surface area contributed by atoms with E-state index in [1.54, 1.807) is 0 Å². The number of fused-ring (bicyclic) bond motifs is 3. The van der Waals surface area contributed by atoms with Gasteiger partial charge < -0.3 is 4.57 Å². The fourth-order valence-electron chi connectivity index (χ4n) is 12.2. The number of nitrogens with zero attached hydrogens (tertiary/aromatic N) is 14. The van der Waals surface area contributed by atoms with Gasteiger partial charge in [0, 0.05) is 95.5 Å². The topological polar surface area (TPSA) is 172 Å². The van der Waals surface area contributed by atoms with E-state index in [1.165, 1.54) is 0 Å². The third-order valence-electron chi connectivity index (χ3n) is 16.9. The van der Waals surface area contributed by atoms with Gasteiger partial charge in [0.15, 0.2) is 69.9 Å². The van der Waals surface area contributed by atoms with Crippen molar-refractivity contribution in [2.45, 2.75) is 0 Å². The van der Waals surface area contributed by atoms with Crippen LogP contribution in [0.25, 0.3) is 175 Å². The standard InChI is InChI=1S/C83H52N14/c1-9-25-53(26-10-1)72-85-73(54-27-11-2-12-28-54)90-80(89-72)61-41-44-69(65(49-61)64-47-48-84-52-68(64)83-95-78(59-37-21-7-22-38-59)88-79(96-83)60-39-23-8-24-40-60)97-70-45-42-62(81-91-74(55-29-13-3-14-30-55)86-75(92-81)56-31-15-4-16-32-56)50-66(70)67-51-63(43-46-71(67)97)82-93-76(57-33-17-5-18-34-57)87-77(94-82)58-35-19-6-20-36-58/h1-52H. The van der Waals surface area contributed by atoms with E-state index in [1.807, 2.05) is 261 Å². The van der Waals surface area contributed by atoms with Gasteiger partial charge >= 0.3 is 0 Å². The molecule has 0 radical (unpaired) electrons. The molecule has 0 aliphatic carbocycles. The summed E-state index contributed by atoms with van der Waals surface area (Å²) in [5, 5.41) is 1.83. The Morgan fingerprint density at radius 2 is 0.433 bits per heavy atom. The first kappa shape index (κ1) is 57.3. The van der Waals surface area contributed by atoms with Gasteiger partial charge in [-0.25, -0.2) is 59.8 Å². The van der Waals surface area contributed by atoms with Crippen molar-refractivity contribution < 1.29 is 0 Å². The number of rotatable bonds is 14. The Hall–Kier alpha value is -13.6. The minimum Gasteiger partial charge on any atom is -0.309 e. The number of pyridine rings is 1. The predicted octanol–water partition coefficient (Wildman–Crippen LogP) is 18.6. The Morgan fingerprint density at radius 1 is 0.186 bits per heavy atom. The van der Waals surface area contributed by atoms with Crippen molar-refractivity contribution in [1.29, 1.82) is 0 Å². The van der Waals surface area contributed by atoms with Crippen LogP contribution in [0.3, 0.4) is 0 Å². The summed E-state index contributed by atoms with van der Waals surface area (Å²) in [5.74, 6) is 6.28. The Bertz CT molecular complexity index is 5320. The van der Waals surface area contributed by atoms with Gasteiger partial charge in [-0.15, -0.1) is 0 Å². The lowest BCUT2D eigenvalue weighted by Crippen LogP contribution is -2.04. The second-order valence-electron chi connectivity index (χ2n) is 23.1. The molecule has 6 aromatic heterocycles. The molecular weight excluding hydrogens is 1190 g/mol. The van der Waals surface area contributed by atoms with Crippen LogP contribution < -0.4 is 0 Å². The molecule has 0 fully saturated rings. The number of benzene rings is 11. The lowest BCUT2D eigenvalue weighted by molar-refractivity contribution is 1.07. The zero-order valence-electron chi connectivity index (χ0n) is 51.8. The molecule has 14 nitrogen and oxygen atoms in total. The molecule has 0 saturated heterocycles. The molecule has 6 heterocycles. The number of hydrogen-bond acceptors (Lipinski definition) is 13. The van der Waals surface area contributed by atoms with Crippen LogP contribution in [-0.2, 0) is 0 Å². The second kappa shape index (κ2) is 25.1. The van der Waals surface area contributed by atoms with Crippen LogP contribution in [0.4, 0.5) is 0 Å². The van der Waals surface area contributed by atoms with E-state index < -0.39 is 0 Å². The summed E-state index contributed by atoms with van der Waals surface area (Å²) in [6.45, 7) is 0. The van der Waals surface area contributed by atoms with Crippen molar-refractivity contribution in [3.05, 3.63) is 316 Å². The maximum Gasteiger partial charge on any atom is 0.166 e. The quantitative estimate of drug-likeness (QED) is 0.101. The fraction of sp³-hybridized carbons (Fsp3) is 0. The van der Waals surface area contributed by atoms with E-state index >= 15 is 0 Å². The maximum atomic E-state index is 5.29. The Morgan fingerprint density at radius 3 is 0.722 bits per heavy atom. The highest BCUT2D eigenvalue weighted by atomic mass is 15.1. The van der Waals surface area contributed by atoms with E-state index in [2.05, 4.69) is 59.2 Å². The van der Waals surface area contributed by atoms with E-state index in [0.29, 0.717) is 75.5 Å². The van der Waals surface area contributed by atoms with Crippen molar-refractivity contribution in [2.75, 3.05) is 0 Å². The molecular formula is C83H52N14. The lowest BCUT2D eigenvalue weighted by Gasteiger charge is -2.18. The Balaban J connectivity index is 0.937. The summed E-state index contributed by atoms with van der Waals surface area (Å²) in [7, 11) is 0. The molecule has 97 heavy (non-hydrogen) atoms. The molecule has 17 rings (SSSR count). The Labute approximate surface area is 557 Å². The molecule has 454 valence electrons.